The molecule has 0 heterocycles. The molecule has 0 saturated heterocycles. The SMILES string of the molecule is O=[N+]([O-])c1cc(Br)ccc1NCC1(O)CCCCCC1. The van der Waals surface area contributed by atoms with E-state index in [9.17, 15) is 15.2 Å². The zero-order valence-corrected chi connectivity index (χ0v) is 12.9. The van der Waals surface area contributed by atoms with Crippen molar-refractivity contribution in [2.45, 2.75) is 44.1 Å². The maximum absolute atomic E-state index is 11.0. The van der Waals surface area contributed by atoms with Gasteiger partial charge in [0.05, 0.1) is 10.5 Å². The van der Waals surface area contributed by atoms with Gasteiger partial charge < -0.3 is 10.4 Å². The van der Waals surface area contributed by atoms with Crippen LogP contribution in [-0.4, -0.2) is 22.2 Å². The Kier molecular flexibility index (Phi) is 4.99. The first-order valence-corrected chi connectivity index (χ1v) is 7.70. The summed E-state index contributed by atoms with van der Waals surface area (Å²) in [6.45, 7) is 0.357. The average Bonchev–Trinajstić information content (AvgIpc) is 2.62. The number of aliphatic hydroxyl groups is 1. The normalized spacial score (nSPS) is 18.3. The molecule has 20 heavy (non-hydrogen) atoms. The topological polar surface area (TPSA) is 75.4 Å². The highest BCUT2D eigenvalue weighted by atomic mass is 79.9. The third-order valence-electron chi connectivity index (χ3n) is 3.80. The molecule has 1 aromatic carbocycles. The Bertz CT molecular complexity index is 485. The molecular weight excluding hydrogens is 324 g/mol. The summed E-state index contributed by atoms with van der Waals surface area (Å²) in [6, 6.07) is 4.90. The van der Waals surface area contributed by atoms with Crippen molar-refractivity contribution in [3.8, 4) is 0 Å². The second-order valence-electron chi connectivity index (χ2n) is 5.41. The number of anilines is 1. The Hall–Kier alpha value is -1.14. The highest BCUT2D eigenvalue weighted by Crippen LogP contribution is 2.31. The Morgan fingerprint density at radius 2 is 1.95 bits per heavy atom. The van der Waals surface area contributed by atoms with Crippen LogP contribution in [0.3, 0.4) is 0 Å². The van der Waals surface area contributed by atoms with Crippen molar-refractivity contribution in [2.24, 2.45) is 0 Å². The van der Waals surface area contributed by atoms with Crippen molar-refractivity contribution >= 4 is 27.3 Å². The molecule has 0 spiro atoms. The Balaban J connectivity index is 2.08. The van der Waals surface area contributed by atoms with Crippen LogP contribution in [0.2, 0.25) is 0 Å². The predicted octanol–water partition coefficient (Wildman–Crippen LogP) is 3.85. The summed E-state index contributed by atoms with van der Waals surface area (Å²) in [5.41, 5.74) is -0.273. The van der Waals surface area contributed by atoms with Crippen LogP contribution >= 0.6 is 15.9 Å². The number of nitrogens with one attached hydrogen (secondary N) is 1. The maximum Gasteiger partial charge on any atom is 0.293 e. The molecule has 1 aliphatic carbocycles. The van der Waals surface area contributed by atoms with Gasteiger partial charge in [0.2, 0.25) is 0 Å². The molecule has 0 unspecified atom stereocenters. The fraction of sp³-hybridized carbons (Fsp3) is 0.571. The van der Waals surface area contributed by atoms with E-state index in [1.807, 2.05) is 0 Å². The van der Waals surface area contributed by atoms with Gasteiger partial charge in [-0.1, -0.05) is 41.6 Å². The van der Waals surface area contributed by atoms with Gasteiger partial charge in [-0.2, -0.15) is 0 Å². The molecule has 0 aromatic heterocycles. The number of hydrogen-bond donors (Lipinski definition) is 2. The molecule has 0 aliphatic heterocycles. The lowest BCUT2D eigenvalue weighted by Gasteiger charge is -2.27. The van der Waals surface area contributed by atoms with Gasteiger partial charge >= 0.3 is 0 Å². The van der Waals surface area contributed by atoms with Crippen LogP contribution in [0.15, 0.2) is 22.7 Å². The Morgan fingerprint density at radius 3 is 2.55 bits per heavy atom. The van der Waals surface area contributed by atoms with E-state index in [2.05, 4.69) is 21.2 Å². The van der Waals surface area contributed by atoms with Gasteiger partial charge in [0.1, 0.15) is 5.69 Å². The van der Waals surface area contributed by atoms with Crippen LogP contribution in [0.4, 0.5) is 11.4 Å². The van der Waals surface area contributed by atoms with Crippen molar-refractivity contribution in [2.75, 3.05) is 11.9 Å². The second kappa shape index (κ2) is 6.54. The monoisotopic (exact) mass is 342 g/mol. The summed E-state index contributed by atoms with van der Waals surface area (Å²) in [7, 11) is 0. The molecule has 1 fully saturated rings. The smallest absolute Gasteiger partial charge is 0.293 e. The van der Waals surface area contributed by atoms with E-state index in [0.29, 0.717) is 16.7 Å². The summed E-state index contributed by atoms with van der Waals surface area (Å²) < 4.78 is 0.669. The summed E-state index contributed by atoms with van der Waals surface area (Å²) in [5.74, 6) is 0. The van der Waals surface area contributed by atoms with Crippen LogP contribution in [-0.2, 0) is 0 Å². The molecule has 1 saturated carbocycles. The van der Waals surface area contributed by atoms with Crippen LogP contribution < -0.4 is 5.32 Å². The van der Waals surface area contributed by atoms with Gasteiger partial charge in [-0.3, -0.25) is 10.1 Å². The minimum absolute atomic E-state index is 0.0246. The molecule has 1 aliphatic rings. The molecule has 6 heteroatoms. The van der Waals surface area contributed by atoms with Gasteiger partial charge in [-0.25, -0.2) is 0 Å². The predicted molar refractivity (Wildman–Crippen MR) is 81.9 cm³/mol. The van der Waals surface area contributed by atoms with Gasteiger partial charge in [0.25, 0.3) is 5.69 Å². The van der Waals surface area contributed by atoms with E-state index in [4.69, 9.17) is 0 Å². The summed E-state index contributed by atoms with van der Waals surface area (Å²) in [6.07, 6.45) is 5.84. The van der Waals surface area contributed by atoms with Crippen LogP contribution in [0, 0.1) is 10.1 Å². The van der Waals surface area contributed by atoms with Crippen molar-refractivity contribution in [1.29, 1.82) is 0 Å². The molecule has 2 N–H and O–H groups in total. The number of nitro groups is 1. The molecular formula is C14H19BrN2O3. The minimum Gasteiger partial charge on any atom is -0.388 e. The summed E-state index contributed by atoms with van der Waals surface area (Å²) >= 11 is 3.23. The maximum atomic E-state index is 11.0. The van der Waals surface area contributed by atoms with Crippen molar-refractivity contribution in [3.05, 3.63) is 32.8 Å². The lowest BCUT2D eigenvalue weighted by Crippen LogP contribution is -2.36. The number of benzene rings is 1. The molecule has 0 atom stereocenters. The number of rotatable bonds is 4. The third-order valence-corrected chi connectivity index (χ3v) is 4.29. The van der Waals surface area contributed by atoms with E-state index < -0.39 is 10.5 Å². The van der Waals surface area contributed by atoms with Gasteiger partial charge in [0.15, 0.2) is 0 Å². The molecule has 0 amide bonds. The highest BCUT2D eigenvalue weighted by Gasteiger charge is 2.28. The zero-order valence-electron chi connectivity index (χ0n) is 11.3. The third kappa shape index (κ3) is 3.93. The van der Waals surface area contributed by atoms with Crippen LogP contribution in [0.1, 0.15) is 38.5 Å². The Labute approximate surface area is 126 Å². The average molecular weight is 343 g/mol. The number of nitrogens with zero attached hydrogens (tertiary/aromatic N) is 1. The fourth-order valence-electron chi connectivity index (χ4n) is 2.63. The Morgan fingerprint density at radius 1 is 1.30 bits per heavy atom. The van der Waals surface area contributed by atoms with Crippen molar-refractivity contribution in [1.82, 2.24) is 0 Å². The van der Waals surface area contributed by atoms with Gasteiger partial charge in [0, 0.05) is 17.1 Å². The van der Waals surface area contributed by atoms with Gasteiger partial charge in [-0.15, -0.1) is 0 Å². The van der Waals surface area contributed by atoms with E-state index in [0.717, 1.165) is 38.5 Å². The largest absolute Gasteiger partial charge is 0.388 e. The number of halogens is 1. The molecule has 5 nitrogen and oxygen atoms in total. The summed E-state index contributed by atoms with van der Waals surface area (Å²) in [4.78, 5) is 10.6. The number of hydrogen-bond acceptors (Lipinski definition) is 4. The lowest BCUT2D eigenvalue weighted by molar-refractivity contribution is -0.384. The molecule has 1 aromatic rings. The highest BCUT2D eigenvalue weighted by molar-refractivity contribution is 9.10. The van der Waals surface area contributed by atoms with E-state index in [-0.39, 0.29) is 5.69 Å². The quantitative estimate of drug-likeness (QED) is 0.495. The molecule has 2 rings (SSSR count). The minimum atomic E-state index is -0.753. The zero-order chi connectivity index (χ0) is 14.6. The molecule has 110 valence electrons. The first-order valence-electron chi connectivity index (χ1n) is 6.90. The molecule has 0 radical (unpaired) electrons. The van der Waals surface area contributed by atoms with Crippen molar-refractivity contribution < 1.29 is 10.0 Å². The summed E-state index contributed by atoms with van der Waals surface area (Å²) in [5, 5.41) is 24.6. The van der Waals surface area contributed by atoms with Crippen LogP contribution in [0.25, 0.3) is 0 Å². The first-order chi connectivity index (χ1) is 9.50. The molecule has 0 bridgehead atoms. The fourth-order valence-corrected chi connectivity index (χ4v) is 2.98. The number of nitro benzene ring substituents is 1. The first kappa shape index (κ1) is 15.3. The van der Waals surface area contributed by atoms with Crippen molar-refractivity contribution in [3.63, 3.8) is 0 Å². The van der Waals surface area contributed by atoms with E-state index >= 15 is 0 Å². The van der Waals surface area contributed by atoms with E-state index in [1.165, 1.54) is 6.07 Å². The van der Waals surface area contributed by atoms with E-state index in [1.54, 1.807) is 12.1 Å². The van der Waals surface area contributed by atoms with Crippen LogP contribution in [0.5, 0.6) is 0 Å². The lowest BCUT2D eigenvalue weighted by atomic mass is 9.94. The second-order valence-corrected chi connectivity index (χ2v) is 6.33. The standard InChI is InChI=1S/C14H19BrN2O3/c15-11-5-6-12(13(9-11)17(19)20)16-10-14(18)7-3-1-2-4-8-14/h5-6,9,16,18H,1-4,7-8,10H2. The van der Waals surface area contributed by atoms with Gasteiger partial charge in [-0.05, 0) is 25.0 Å².